The number of carbonyl (C=O) groups excluding carboxylic acids is 1. The molecule has 2 aromatic rings. The Morgan fingerprint density at radius 3 is 2.48 bits per heavy atom. The van der Waals surface area contributed by atoms with E-state index in [1.165, 1.54) is 10.9 Å². The summed E-state index contributed by atoms with van der Waals surface area (Å²) in [6.07, 6.45) is 1.00. The van der Waals surface area contributed by atoms with E-state index in [-0.39, 0.29) is 12.5 Å². The van der Waals surface area contributed by atoms with Gasteiger partial charge in [-0.2, -0.15) is 0 Å². The van der Waals surface area contributed by atoms with E-state index >= 15 is 0 Å². The topological polar surface area (TPSA) is 48.7 Å². The van der Waals surface area contributed by atoms with Crippen molar-refractivity contribution < 1.29 is 9.90 Å². The molecule has 0 aliphatic carbocycles. The van der Waals surface area contributed by atoms with Gasteiger partial charge in [0.05, 0.1) is 6.61 Å². The molecule has 0 unspecified atom stereocenters. The number of rotatable bonds is 5. The van der Waals surface area contributed by atoms with Gasteiger partial charge >= 0.3 is 0 Å². The summed E-state index contributed by atoms with van der Waals surface area (Å²) in [6.45, 7) is 11.1. The van der Waals surface area contributed by atoms with Gasteiger partial charge in [0.1, 0.15) is 5.69 Å². The third-order valence-electron chi connectivity index (χ3n) is 5.38. The van der Waals surface area contributed by atoms with Crippen molar-refractivity contribution in [1.29, 1.82) is 0 Å². The van der Waals surface area contributed by atoms with Crippen molar-refractivity contribution in [3.63, 3.8) is 0 Å². The van der Waals surface area contributed by atoms with Crippen LogP contribution >= 0.6 is 0 Å². The number of benzene rings is 1. The van der Waals surface area contributed by atoms with Crippen LogP contribution in [0.1, 0.15) is 35.5 Å². The molecule has 0 saturated carbocycles. The molecule has 1 N–H and O–H groups in total. The van der Waals surface area contributed by atoms with E-state index in [0.717, 1.165) is 55.9 Å². The molecule has 1 aromatic carbocycles. The van der Waals surface area contributed by atoms with Crippen LogP contribution in [0.3, 0.4) is 0 Å². The predicted octanol–water partition coefficient (Wildman–Crippen LogP) is 2.28. The number of aliphatic hydroxyl groups is 1. The molecular weight excluding hydrogens is 314 g/mol. The van der Waals surface area contributed by atoms with Gasteiger partial charge in [-0.25, -0.2) is 0 Å². The molecule has 25 heavy (non-hydrogen) atoms. The number of β-amino-alcohol motifs (C(OH)–C–C–N with tert-alkyl or cyclic N) is 1. The molecule has 1 aliphatic rings. The summed E-state index contributed by atoms with van der Waals surface area (Å²) in [5, 5.41) is 10.3. The fourth-order valence-electron chi connectivity index (χ4n) is 3.86. The van der Waals surface area contributed by atoms with Crippen LogP contribution in [-0.2, 0) is 13.0 Å². The van der Waals surface area contributed by atoms with Crippen LogP contribution in [-0.4, -0.2) is 64.7 Å². The van der Waals surface area contributed by atoms with Crippen LogP contribution in [0.4, 0.5) is 0 Å². The third kappa shape index (κ3) is 3.31. The molecule has 136 valence electrons. The van der Waals surface area contributed by atoms with E-state index in [2.05, 4.69) is 48.4 Å². The second kappa shape index (κ2) is 7.58. The average molecular weight is 343 g/mol. The molecule has 0 radical (unpaired) electrons. The molecule has 1 saturated heterocycles. The van der Waals surface area contributed by atoms with E-state index in [0.29, 0.717) is 6.54 Å². The quantitative estimate of drug-likeness (QED) is 0.906. The van der Waals surface area contributed by atoms with Gasteiger partial charge in [-0.1, -0.05) is 13.0 Å². The standard InChI is InChI=1S/C20H29N3O2/c1-4-16-6-7-18-17(14-16)15(3)19(23(18)5-2)20(25)22-10-8-21(9-11-22)12-13-24/h6-7,14,24H,4-5,8-13H2,1-3H3. The number of fused-ring (bicyclic) bond motifs is 1. The van der Waals surface area contributed by atoms with Crippen LogP contribution in [0.5, 0.6) is 0 Å². The second-order valence-corrected chi connectivity index (χ2v) is 6.78. The lowest BCUT2D eigenvalue weighted by molar-refractivity contribution is 0.0604. The van der Waals surface area contributed by atoms with E-state index in [4.69, 9.17) is 5.11 Å². The Kier molecular flexibility index (Phi) is 5.45. The monoisotopic (exact) mass is 343 g/mol. The van der Waals surface area contributed by atoms with Crippen molar-refractivity contribution in [1.82, 2.24) is 14.4 Å². The smallest absolute Gasteiger partial charge is 0.270 e. The number of aliphatic hydroxyl groups excluding tert-OH is 1. The Hall–Kier alpha value is -1.85. The molecule has 1 aliphatic heterocycles. The van der Waals surface area contributed by atoms with Crippen LogP contribution in [0.2, 0.25) is 0 Å². The maximum atomic E-state index is 13.2. The van der Waals surface area contributed by atoms with E-state index in [9.17, 15) is 4.79 Å². The minimum Gasteiger partial charge on any atom is -0.395 e. The molecule has 5 heteroatoms. The van der Waals surface area contributed by atoms with E-state index < -0.39 is 0 Å². The van der Waals surface area contributed by atoms with Crippen molar-refractivity contribution in [3.05, 3.63) is 35.0 Å². The zero-order valence-electron chi connectivity index (χ0n) is 15.6. The van der Waals surface area contributed by atoms with Gasteiger partial charge in [0.25, 0.3) is 5.91 Å². The Balaban J connectivity index is 1.92. The largest absolute Gasteiger partial charge is 0.395 e. The summed E-state index contributed by atoms with van der Waals surface area (Å²) in [7, 11) is 0. The Morgan fingerprint density at radius 2 is 1.88 bits per heavy atom. The Bertz CT molecular complexity index is 758. The summed E-state index contributed by atoms with van der Waals surface area (Å²) in [5.41, 5.74) is 4.39. The number of hydrogen-bond acceptors (Lipinski definition) is 3. The molecule has 3 rings (SSSR count). The lowest BCUT2D eigenvalue weighted by Crippen LogP contribution is -2.49. The van der Waals surface area contributed by atoms with Crippen molar-refractivity contribution in [2.45, 2.75) is 33.7 Å². The Morgan fingerprint density at radius 1 is 1.16 bits per heavy atom. The molecule has 5 nitrogen and oxygen atoms in total. The van der Waals surface area contributed by atoms with Crippen LogP contribution < -0.4 is 0 Å². The lowest BCUT2D eigenvalue weighted by atomic mass is 10.1. The lowest BCUT2D eigenvalue weighted by Gasteiger charge is -2.34. The first-order valence-electron chi connectivity index (χ1n) is 9.34. The van der Waals surface area contributed by atoms with Crippen LogP contribution in [0, 0.1) is 6.92 Å². The number of carbonyl (C=O) groups is 1. The van der Waals surface area contributed by atoms with Gasteiger partial charge in [-0.3, -0.25) is 9.69 Å². The molecule has 1 aromatic heterocycles. The fourth-order valence-corrected chi connectivity index (χ4v) is 3.86. The van der Waals surface area contributed by atoms with Gasteiger partial charge < -0.3 is 14.6 Å². The van der Waals surface area contributed by atoms with Gasteiger partial charge in [0, 0.05) is 50.2 Å². The van der Waals surface area contributed by atoms with E-state index in [1.807, 2.05) is 4.90 Å². The minimum absolute atomic E-state index is 0.136. The molecular formula is C20H29N3O2. The van der Waals surface area contributed by atoms with Crippen molar-refractivity contribution in [2.24, 2.45) is 0 Å². The first-order valence-corrected chi connectivity index (χ1v) is 9.34. The minimum atomic E-state index is 0.136. The normalized spacial score (nSPS) is 15.9. The summed E-state index contributed by atoms with van der Waals surface area (Å²) in [5.74, 6) is 0.136. The number of hydrogen-bond donors (Lipinski definition) is 1. The molecule has 2 heterocycles. The number of amides is 1. The SMILES string of the molecule is CCc1ccc2c(c1)c(C)c(C(=O)N1CCN(CCO)CC1)n2CC. The number of aryl methyl sites for hydroxylation is 3. The third-order valence-corrected chi connectivity index (χ3v) is 5.38. The van der Waals surface area contributed by atoms with Gasteiger partial charge in [0.2, 0.25) is 0 Å². The zero-order chi connectivity index (χ0) is 18.0. The molecule has 1 fully saturated rings. The van der Waals surface area contributed by atoms with Gasteiger partial charge in [-0.15, -0.1) is 0 Å². The summed E-state index contributed by atoms with van der Waals surface area (Å²) in [6, 6.07) is 6.54. The van der Waals surface area contributed by atoms with Crippen molar-refractivity contribution in [3.8, 4) is 0 Å². The van der Waals surface area contributed by atoms with Gasteiger partial charge in [-0.05, 0) is 43.5 Å². The molecule has 0 atom stereocenters. The first-order chi connectivity index (χ1) is 12.1. The Labute approximate surface area is 149 Å². The van der Waals surface area contributed by atoms with E-state index in [1.54, 1.807) is 0 Å². The van der Waals surface area contributed by atoms with Crippen LogP contribution in [0.15, 0.2) is 18.2 Å². The zero-order valence-corrected chi connectivity index (χ0v) is 15.6. The molecule has 0 bridgehead atoms. The average Bonchev–Trinajstić information content (AvgIpc) is 2.93. The summed E-state index contributed by atoms with van der Waals surface area (Å²) in [4.78, 5) is 17.4. The number of nitrogens with zero attached hydrogens (tertiary/aromatic N) is 3. The highest BCUT2D eigenvalue weighted by Gasteiger charge is 2.27. The predicted molar refractivity (Wildman–Crippen MR) is 101 cm³/mol. The first kappa shape index (κ1) is 18.0. The maximum absolute atomic E-state index is 13.2. The summed E-state index contributed by atoms with van der Waals surface area (Å²) < 4.78 is 2.16. The van der Waals surface area contributed by atoms with Crippen molar-refractivity contribution >= 4 is 16.8 Å². The summed E-state index contributed by atoms with van der Waals surface area (Å²) >= 11 is 0. The van der Waals surface area contributed by atoms with Gasteiger partial charge in [0.15, 0.2) is 0 Å². The fraction of sp³-hybridized carbons (Fsp3) is 0.550. The number of piperazine rings is 1. The number of aromatic nitrogens is 1. The maximum Gasteiger partial charge on any atom is 0.270 e. The second-order valence-electron chi connectivity index (χ2n) is 6.78. The van der Waals surface area contributed by atoms with Crippen LogP contribution in [0.25, 0.3) is 10.9 Å². The molecule has 1 amide bonds. The van der Waals surface area contributed by atoms with Crippen molar-refractivity contribution in [2.75, 3.05) is 39.3 Å². The highest BCUT2D eigenvalue weighted by Crippen LogP contribution is 2.28. The highest BCUT2D eigenvalue weighted by molar-refractivity contribution is 6.01. The highest BCUT2D eigenvalue weighted by atomic mass is 16.3. The molecule has 0 spiro atoms.